The number of halogens is 3. The highest BCUT2D eigenvalue weighted by molar-refractivity contribution is 14.1. The number of carbonyl (C=O) groups is 2. The topological polar surface area (TPSA) is 72.2 Å². The average Bonchev–Trinajstić information content (AvgIpc) is 2.43. The summed E-state index contributed by atoms with van der Waals surface area (Å²) in [7, 11) is 0. The lowest BCUT2D eigenvalue weighted by molar-refractivity contribution is 0.0992. The third kappa shape index (κ3) is 3.79. The van der Waals surface area contributed by atoms with E-state index < -0.39 is 11.7 Å². The Morgan fingerprint density at radius 1 is 1.14 bits per heavy atom. The minimum Gasteiger partial charge on any atom is -0.366 e. The molecule has 2 rings (SSSR count). The molecule has 0 saturated heterocycles. The molecule has 0 aliphatic rings. The van der Waals surface area contributed by atoms with Gasteiger partial charge in [0.15, 0.2) is 0 Å². The molecule has 0 aliphatic heterocycles. The van der Waals surface area contributed by atoms with Gasteiger partial charge in [-0.2, -0.15) is 0 Å². The second-order valence-corrected chi connectivity index (χ2v) is 6.24. The molecular weight excluding hydrogens is 454 g/mol. The van der Waals surface area contributed by atoms with Gasteiger partial charge in [0.2, 0.25) is 0 Å². The van der Waals surface area contributed by atoms with Crippen LogP contribution in [0.1, 0.15) is 20.7 Å². The third-order valence-electron chi connectivity index (χ3n) is 2.66. The van der Waals surface area contributed by atoms with Crippen molar-refractivity contribution in [1.29, 1.82) is 0 Å². The second-order valence-electron chi connectivity index (χ2n) is 4.14. The minimum absolute atomic E-state index is 0.269. The van der Waals surface area contributed by atoms with Gasteiger partial charge in [-0.15, -0.1) is 0 Å². The highest BCUT2D eigenvalue weighted by Crippen LogP contribution is 2.21. The van der Waals surface area contributed by atoms with Gasteiger partial charge >= 0.3 is 0 Å². The Balaban J connectivity index is 2.29. The zero-order chi connectivity index (χ0) is 15.6. The Bertz CT molecular complexity index is 737. The fourth-order valence-corrected chi connectivity index (χ4v) is 2.58. The molecule has 7 heteroatoms. The molecule has 21 heavy (non-hydrogen) atoms. The summed E-state index contributed by atoms with van der Waals surface area (Å²) >= 11 is 5.39. The molecule has 0 fully saturated rings. The first-order valence-corrected chi connectivity index (χ1v) is 7.61. The van der Waals surface area contributed by atoms with E-state index in [-0.39, 0.29) is 11.5 Å². The third-order valence-corrected chi connectivity index (χ3v) is 4.03. The van der Waals surface area contributed by atoms with Crippen LogP contribution in [-0.4, -0.2) is 11.8 Å². The number of benzene rings is 2. The van der Waals surface area contributed by atoms with Gasteiger partial charge in [0.25, 0.3) is 11.8 Å². The second kappa shape index (κ2) is 6.52. The Morgan fingerprint density at radius 3 is 2.52 bits per heavy atom. The van der Waals surface area contributed by atoms with Crippen molar-refractivity contribution in [3.8, 4) is 0 Å². The van der Waals surface area contributed by atoms with Crippen molar-refractivity contribution in [2.45, 2.75) is 0 Å². The number of primary amides is 1. The van der Waals surface area contributed by atoms with Crippen molar-refractivity contribution in [2.24, 2.45) is 5.73 Å². The van der Waals surface area contributed by atoms with Crippen LogP contribution in [0.3, 0.4) is 0 Å². The standard InChI is InChI=1S/C14H9BrFIN2O2/c15-11-3-1-7(17)5-9(11)14(21)19-8-2-4-12(16)10(6-8)13(18)20/h1-6H,(H2,18,20)(H,19,21). The number of rotatable bonds is 3. The molecule has 0 saturated carbocycles. The van der Waals surface area contributed by atoms with Crippen molar-refractivity contribution >= 4 is 56.0 Å². The minimum atomic E-state index is -0.890. The summed E-state index contributed by atoms with van der Waals surface area (Å²) < 4.78 is 14.9. The maximum atomic E-state index is 13.4. The number of anilines is 1. The van der Waals surface area contributed by atoms with Crippen LogP contribution in [0.2, 0.25) is 0 Å². The number of amides is 2. The fraction of sp³-hybridized carbons (Fsp3) is 0. The lowest BCUT2D eigenvalue weighted by Crippen LogP contribution is -2.16. The van der Waals surface area contributed by atoms with Crippen molar-refractivity contribution in [2.75, 3.05) is 5.32 Å². The number of carbonyl (C=O) groups excluding carboxylic acids is 2. The summed E-state index contributed by atoms with van der Waals surface area (Å²) in [5.41, 5.74) is 5.53. The van der Waals surface area contributed by atoms with Crippen molar-refractivity contribution in [3.05, 3.63) is 61.4 Å². The fourth-order valence-electron chi connectivity index (χ4n) is 1.66. The molecule has 2 aromatic rings. The normalized spacial score (nSPS) is 10.2. The van der Waals surface area contributed by atoms with Crippen LogP contribution in [0.25, 0.3) is 0 Å². The highest BCUT2D eigenvalue weighted by Gasteiger charge is 2.13. The first kappa shape index (κ1) is 15.9. The molecule has 3 N–H and O–H groups in total. The van der Waals surface area contributed by atoms with E-state index in [4.69, 9.17) is 5.73 Å². The zero-order valence-electron chi connectivity index (χ0n) is 10.5. The van der Waals surface area contributed by atoms with E-state index in [1.807, 2.05) is 6.07 Å². The van der Waals surface area contributed by atoms with E-state index in [0.717, 1.165) is 9.64 Å². The SMILES string of the molecule is NC(=O)c1cc(NC(=O)c2cc(I)ccc2Br)ccc1F. The number of hydrogen-bond donors (Lipinski definition) is 2. The van der Waals surface area contributed by atoms with E-state index in [9.17, 15) is 14.0 Å². The summed E-state index contributed by atoms with van der Waals surface area (Å²) in [4.78, 5) is 23.3. The number of hydrogen-bond acceptors (Lipinski definition) is 2. The summed E-state index contributed by atoms with van der Waals surface area (Å²) in [5.74, 6) is -1.99. The van der Waals surface area contributed by atoms with E-state index in [0.29, 0.717) is 15.7 Å². The van der Waals surface area contributed by atoms with Crippen LogP contribution in [0, 0.1) is 9.39 Å². The van der Waals surface area contributed by atoms with Crippen LogP contribution in [0.5, 0.6) is 0 Å². The van der Waals surface area contributed by atoms with Gasteiger partial charge in [0, 0.05) is 13.7 Å². The quantitative estimate of drug-likeness (QED) is 0.685. The van der Waals surface area contributed by atoms with Crippen LogP contribution >= 0.6 is 38.5 Å². The monoisotopic (exact) mass is 462 g/mol. The Hall–Kier alpha value is -1.48. The summed E-state index contributed by atoms with van der Waals surface area (Å²) in [6, 6.07) is 8.97. The van der Waals surface area contributed by atoms with Gasteiger partial charge in [-0.1, -0.05) is 0 Å². The molecule has 0 aromatic heterocycles. The molecule has 4 nitrogen and oxygen atoms in total. The molecule has 2 aromatic carbocycles. The van der Waals surface area contributed by atoms with Crippen LogP contribution in [0.4, 0.5) is 10.1 Å². The maximum absolute atomic E-state index is 13.4. The summed E-state index contributed by atoms with van der Waals surface area (Å²) in [6.07, 6.45) is 0. The van der Waals surface area contributed by atoms with Crippen LogP contribution in [-0.2, 0) is 0 Å². The van der Waals surface area contributed by atoms with E-state index in [2.05, 4.69) is 43.8 Å². The molecular formula is C14H9BrFIN2O2. The molecule has 0 radical (unpaired) electrons. The van der Waals surface area contributed by atoms with Crippen molar-refractivity contribution < 1.29 is 14.0 Å². The van der Waals surface area contributed by atoms with Crippen LogP contribution in [0.15, 0.2) is 40.9 Å². The molecule has 0 atom stereocenters. The molecule has 0 bridgehead atoms. The van der Waals surface area contributed by atoms with Crippen molar-refractivity contribution in [3.63, 3.8) is 0 Å². The van der Waals surface area contributed by atoms with Gasteiger partial charge < -0.3 is 11.1 Å². The van der Waals surface area contributed by atoms with E-state index in [1.54, 1.807) is 12.1 Å². The number of nitrogens with one attached hydrogen (secondary N) is 1. The summed E-state index contributed by atoms with van der Waals surface area (Å²) in [6.45, 7) is 0. The lowest BCUT2D eigenvalue weighted by Gasteiger charge is -2.09. The zero-order valence-corrected chi connectivity index (χ0v) is 14.2. The first-order valence-electron chi connectivity index (χ1n) is 5.74. The molecule has 0 heterocycles. The maximum Gasteiger partial charge on any atom is 0.256 e. The van der Waals surface area contributed by atoms with Crippen molar-refractivity contribution in [1.82, 2.24) is 0 Å². The predicted molar refractivity (Wildman–Crippen MR) is 89.7 cm³/mol. The van der Waals surface area contributed by atoms with E-state index in [1.165, 1.54) is 12.1 Å². The average molecular weight is 463 g/mol. The summed E-state index contributed by atoms with van der Waals surface area (Å²) in [5, 5.41) is 2.60. The molecule has 0 unspecified atom stereocenters. The smallest absolute Gasteiger partial charge is 0.256 e. The first-order chi connectivity index (χ1) is 9.88. The van der Waals surface area contributed by atoms with E-state index >= 15 is 0 Å². The number of nitrogens with two attached hydrogens (primary N) is 1. The Labute approximate surface area is 142 Å². The van der Waals surface area contributed by atoms with Gasteiger partial charge in [0.05, 0.1) is 11.1 Å². The predicted octanol–water partition coefficient (Wildman–Crippen LogP) is 3.54. The Morgan fingerprint density at radius 2 is 1.86 bits per heavy atom. The largest absolute Gasteiger partial charge is 0.366 e. The van der Waals surface area contributed by atoms with Crippen LogP contribution < -0.4 is 11.1 Å². The van der Waals surface area contributed by atoms with Gasteiger partial charge in [-0.25, -0.2) is 4.39 Å². The lowest BCUT2D eigenvalue weighted by atomic mass is 10.1. The molecule has 108 valence electrons. The van der Waals surface area contributed by atoms with Gasteiger partial charge in [-0.3, -0.25) is 9.59 Å². The molecule has 2 amide bonds. The Kier molecular flexibility index (Phi) is 4.94. The molecule has 0 aliphatic carbocycles. The highest BCUT2D eigenvalue weighted by atomic mass is 127. The molecule has 0 spiro atoms. The van der Waals surface area contributed by atoms with Gasteiger partial charge in [0.1, 0.15) is 5.82 Å². The van der Waals surface area contributed by atoms with Gasteiger partial charge in [-0.05, 0) is 74.9 Å².